The van der Waals surface area contributed by atoms with Crippen molar-refractivity contribution in [1.82, 2.24) is 9.78 Å². The van der Waals surface area contributed by atoms with Crippen LogP contribution in [0.1, 0.15) is 37.6 Å². The van der Waals surface area contributed by atoms with Gasteiger partial charge in [-0.2, -0.15) is 0 Å². The first kappa shape index (κ1) is 21.7. The van der Waals surface area contributed by atoms with Crippen molar-refractivity contribution in [2.75, 3.05) is 0 Å². The summed E-state index contributed by atoms with van der Waals surface area (Å²) in [7, 11) is 0. The third kappa shape index (κ3) is 4.58. The number of phenolic OH excluding ortho intramolecular Hbond substituents is 1. The number of aromatic amines is 1. The summed E-state index contributed by atoms with van der Waals surface area (Å²) in [6.07, 6.45) is 1.31. The van der Waals surface area contributed by atoms with E-state index in [1.807, 2.05) is 20.8 Å². The molecule has 1 heterocycles. The highest BCUT2D eigenvalue weighted by Gasteiger charge is 2.25. The fraction of sp³-hybridized carbons (Fsp3) is 0.238. The molecule has 3 rings (SSSR count). The highest BCUT2D eigenvalue weighted by Crippen LogP contribution is 2.28. The van der Waals surface area contributed by atoms with Gasteiger partial charge in [0.15, 0.2) is 11.1 Å². The van der Waals surface area contributed by atoms with Crippen LogP contribution in [0.2, 0.25) is 0 Å². The zero-order valence-electron chi connectivity index (χ0n) is 16.7. The Morgan fingerprint density at radius 3 is 2.57 bits per heavy atom. The molecule has 0 saturated carbocycles. The SMILES string of the molecule is CC(C)(C)c1[nH]n(-c2ccccc2F)c(=O)c1C=Nc1cc(CS(=O)O)ccc1O. The van der Waals surface area contributed by atoms with Crippen LogP contribution in [0.4, 0.5) is 10.1 Å². The molecule has 30 heavy (non-hydrogen) atoms. The summed E-state index contributed by atoms with van der Waals surface area (Å²) in [4.78, 5) is 17.3. The third-order valence-corrected chi connectivity index (χ3v) is 5.01. The topological polar surface area (TPSA) is 108 Å². The number of para-hydroxylation sites is 1. The van der Waals surface area contributed by atoms with Crippen molar-refractivity contribution in [3.63, 3.8) is 0 Å². The average Bonchev–Trinajstić information content (AvgIpc) is 2.99. The molecular weight excluding hydrogens is 409 g/mol. The summed E-state index contributed by atoms with van der Waals surface area (Å²) >= 11 is -2.04. The molecule has 7 nitrogen and oxygen atoms in total. The van der Waals surface area contributed by atoms with Crippen LogP contribution in [-0.4, -0.2) is 29.9 Å². The molecule has 3 aromatic rings. The fourth-order valence-electron chi connectivity index (χ4n) is 2.98. The lowest BCUT2D eigenvalue weighted by Gasteiger charge is -2.17. The zero-order valence-corrected chi connectivity index (χ0v) is 17.5. The molecule has 3 N–H and O–H groups in total. The fourth-order valence-corrected chi connectivity index (χ4v) is 3.45. The monoisotopic (exact) mass is 431 g/mol. The summed E-state index contributed by atoms with van der Waals surface area (Å²) in [6.45, 7) is 5.70. The smallest absolute Gasteiger partial charge is 0.280 e. The maximum absolute atomic E-state index is 14.3. The normalized spacial score (nSPS) is 13.1. The van der Waals surface area contributed by atoms with E-state index in [9.17, 15) is 18.5 Å². The van der Waals surface area contributed by atoms with Gasteiger partial charge in [-0.15, -0.1) is 0 Å². The van der Waals surface area contributed by atoms with Gasteiger partial charge in [-0.1, -0.05) is 39.0 Å². The Morgan fingerprint density at radius 1 is 1.23 bits per heavy atom. The van der Waals surface area contributed by atoms with Gasteiger partial charge in [0.05, 0.1) is 17.0 Å². The maximum atomic E-state index is 14.3. The van der Waals surface area contributed by atoms with Crippen molar-refractivity contribution >= 4 is 23.0 Å². The molecule has 0 radical (unpaired) electrons. The van der Waals surface area contributed by atoms with Crippen molar-refractivity contribution in [3.8, 4) is 11.4 Å². The molecule has 9 heteroatoms. The molecule has 1 unspecified atom stereocenters. The van der Waals surface area contributed by atoms with Crippen LogP contribution in [0.5, 0.6) is 5.75 Å². The summed E-state index contributed by atoms with van der Waals surface area (Å²) in [5, 5.41) is 13.0. The zero-order chi connectivity index (χ0) is 22.1. The number of H-pyrrole nitrogens is 1. The minimum Gasteiger partial charge on any atom is -0.506 e. The molecule has 0 bridgehead atoms. The number of hydrogen-bond donors (Lipinski definition) is 3. The minimum absolute atomic E-state index is 0.0860. The quantitative estimate of drug-likeness (QED) is 0.422. The Balaban J connectivity index is 2.12. The van der Waals surface area contributed by atoms with E-state index in [2.05, 4.69) is 10.1 Å². The predicted molar refractivity (Wildman–Crippen MR) is 115 cm³/mol. The van der Waals surface area contributed by atoms with Crippen LogP contribution in [0.3, 0.4) is 0 Å². The van der Waals surface area contributed by atoms with E-state index < -0.39 is 27.9 Å². The van der Waals surface area contributed by atoms with Crippen molar-refractivity contribution in [2.24, 2.45) is 4.99 Å². The molecular formula is C21H22FN3O4S. The van der Waals surface area contributed by atoms with Gasteiger partial charge < -0.3 is 9.66 Å². The number of aromatic nitrogens is 2. The van der Waals surface area contributed by atoms with Crippen molar-refractivity contribution in [3.05, 3.63) is 75.5 Å². The summed E-state index contributed by atoms with van der Waals surface area (Å²) in [5.41, 5.74) is 0.552. The molecule has 158 valence electrons. The number of nitrogens with zero attached hydrogens (tertiary/aromatic N) is 2. The van der Waals surface area contributed by atoms with Gasteiger partial charge in [0.25, 0.3) is 5.56 Å². The first-order chi connectivity index (χ1) is 14.1. The van der Waals surface area contributed by atoms with Crippen molar-refractivity contribution in [1.29, 1.82) is 0 Å². The Kier molecular flexibility index (Phi) is 6.04. The second kappa shape index (κ2) is 8.37. The minimum atomic E-state index is -2.04. The molecule has 0 aliphatic carbocycles. The van der Waals surface area contributed by atoms with E-state index in [0.717, 1.165) is 4.68 Å². The Labute approximate surface area is 175 Å². The summed E-state index contributed by atoms with van der Waals surface area (Å²) in [5.74, 6) is -0.798. The van der Waals surface area contributed by atoms with Gasteiger partial charge in [-0.05, 0) is 29.8 Å². The number of nitrogens with one attached hydrogen (secondary N) is 1. The predicted octanol–water partition coefficient (Wildman–Crippen LogP) is 3.78. The second-order valence-electron chi connectivity index (χ2n) is 7.79. The van der Waals surface area contributed by atoms with Gasteiger partial charge in [0.2, 0.25) is 0 Å². The Morgan fingerprint density at radius 2 is 1.93 bits per heavy atom. The van der Waals surface area contributed by atoms with Crippen LogP contribution in [0.15, 0.2) is 52.3 Å². The first-order valence-electron chi connectivity index (χ1n) is 9.11. The second-order valence-corrected chi connectivity index (χ2v) is 8.72. The summed E-state index contributed by atoms with van der Waals surface area (Å²) in [6, 6.07) is 10.3. The molecule has 0 aliphatic heterocycles. The Bertz CT molecular complexity index is 1190. The highest BCUT2D eigenvalue weighted by molar-refractivity contribution is 7.78. The van der Waals surface area contributed by atoms with Gasteiger partial charge in [0, 0.05) is 11.6 Å². The van der Waals surface area contributed by atoms with E-state index in [1.54, 1.807) is 6.07 Å². The molecule has 0 spiro atoms. The van der Waals surface area contributed by atoms with Crippen LogP contribution < -0.4 is 5.56 Å². The van der Waals surface area contributed by atoms with Crippen LogP contribution in [-0.2, 0) is 22.2 Å². The molecule has 0 fully saturated rings. The lowest BCUT2D eigenvalue weighted by atomic mass is 9.90. The van der Waals surface area contributed by atoms with Gasteiger partial charge >= 0.3 is 0 Å². The van der Waals surface area contributed by atoms with Crippen molar-refractivity contribution in [2.45, 2.75) is 31.9 Å². The van der Waals surface area contributed by atoms with Crippen LogP contribution in [0.25, 0.3) is 5.69 Å². The van der Waals surface area contributed by atoms with E-state index in [4.69, 9.17) is 4.55 Å². The summed E-state index contributed by atoms with van der Waals surface area (Å²) < 4.78 is 35.5. The van der Waals surface area contributed by atoms with Gasteiger partial charge in [-0.25, -0.2) is 13.3 Å². The maximum Gasteiger partial charge on any atom is 0.280 e. The lowest BCUT2D eigenvalue weighted by Crippen LogP contribution is -2.18. The van der Waals surface area contributed by atoms with E-state index in [-0.39, 0.29) is 28.4 Å². The van der Waals surface area contributed by atoms with Crippen LogP contribution >= 0.6 is 0 Å². The molecule has 1 aromatic heterocycles. The Hall–Kier alpha value is -3.04. The molecule has 1 atom stereocenters. The number of rotatable bonds is 5. The number of hydrogen-bond acceptors (Lipinski definition) is 4. The van der Waals surface area contributed by atoms with Crippen molar-refractivity contribution < 1.29 is 18.3 Å². The van der Waals surface area contributed by atoms with E-state index in [1.165, 1.54) is 42.6 Å². The largest absolute Gasteiger partial charge is 0.506 e. The number of phenols is 1. The van der Waals surface area contributed by atoms with E-state index >= 15 is 0 Å². The number of aliphatic imine (C=N–C) groups is 1. The highest BCUT2D eigenvalue weighted by atomic mass is 32.2. The number of halogens is 1. The third-order valence-electron chi connectivity index (χ3n) is 4.43. The van der Waals surface area contributed by atoms with Gasteiger partial charge in [0.1, 0.15) is 22.9 Å². The molecule has 0 aliphatic rings. The number of aromatic hydroxyl groups is 1. The average molecular weight is 431 g/mol. The number of benzene rings is 2. The first-order valence-corrected chi connectivity index (χ1v) is 10.4. The molecule has 0 saturated heterocycles. The van der Waals surface area contributed by atoms with E-state index in [0.29, 0.717) is 11.3 Å². The molecule has 2 aromatic carbocycles. The lowest BCUT2D eigenvalue weighted by molar-refractivity contribution is 0.476. The standard InChI is InChI=1S/C21H22FN3O4S/c1-21(2,3)19-14(20(27)25(24-19)17-7-5-4-6-15(17)22)11-23-16-10-13(12-30(28)29)8-9-18(16)26/h4-11,24,26H,12H2,1-3H3,(H,28,29). The van der Waals surface area contributed by atoms with Gasteiger partial charge in [-0.3, -0.25) is 14.9 Å². The molecule has 0 amide bonds. The van der Waals surface area contributed by atoms with Crippen LogP contribution in [0, 0.1) is 5.82 Å².